The summed E-state index contributed by atoms with van der Waals surface area (Å²) in [7, 11) is 0. The van der Waals surface area contributed by atoms with Crippen LogP contribution in [-0.2, 0) is 17.8 Å². The third-order valence-electron chi connectivity index (χ3n) is 3.20. The van der Waals surface area contributed by atoms with Gasteiger partial charge in [0.2, 0.25) is 11.8 Å². The Kier molecular flexibility index (Phi) is 4.42. The fourth-order valence-corrected chi connectivity index (χ4v) is 2.04. The molecule has 0 aliphatic carbocycles. The van der Waals surface area contributed by atoms with E-state index in [9.17, 15) is 9.18 Å². The fraction of sp³-hybridized carbons (Fsp3) is 0.118. The molecule has 3 aromatic rings. The maximum absolute atomic E-state index is 12.9. The van der Waals surface area contributed by atoms with E-state index in [2.05, 4.69) is 15.3 Å². The smallest absolute Gasteiger partial charge is 0.226 e. The molecule has 6 heteroatoms. The third kappa shape index (κ3) is 4.00. The van der Waals surface area contributed by atoms with Crippen molar-refractivity contribution in [1.82, 2.24) is 15.3 Å². The summed E-state index contributed by atoms with van der Waals surface area (Å²) in [5, 5.41) is 2.79. The van der Waals surface area contributed by atoms with Gasteiger partial charge < -0.3 is 9.73 Å². The number of hydrogen-bond acceptors (Lipinski definition) is 4. The monoisotopic (exact) mass is 311 g/mol. The Morgan fingerprint density at radius 1 is 1.22 bits per heavy atom. The Labute approximate surface area is 132 Å². The predicted molar refractivity (Wildman–Crippen MR) is 81.7 cm³/mol. The molecule has 1 aromatic carbocycles. The van der Waals surface area contributed by atoms with Gasteiger partial charge in [-0.15, -0.1) is 0 Å². The summed E-state index contributed by atoms with van der Waals surface area (Å²) >= 11 is 0. The molecule has 0 spiro atoms. The summed E-state index contributed by atoms with van der Waals surface area (Å²) in [6.45, 7) is 0.412. The number of pyridine rings is 1. The van der Waals surface area contributed by atoms with Crippen LogP contribution in [0.2, 0.25) is 0 Å². The summed E-state index contributed by atoms with van der Waals surface area (Å²) in [4.78, 5) is 20.1. The molecule has 0 aliphatic heterocycles. The summed E-state index contributed by atoms with van der Waals surface area (Å²) in [5.41, 5.74) is 2.11. The van der Waals surface area contributed by atoms with Crippen LogP contribution in [-0.4, -0.2) is 15.9 Å². The minimum atomic E-state index is -0.324. The van der Waals surface area contributed by atoms with Crippen molar-refractivity contribution < 1.29 is 13.6 Å². The van der Waals surface area contributed by atoms with E-state index in [-0.39, 0.29) is 18.1 Å². The van der Waals surface area contributed by atoms with Gasteiger partial charge in [-0.05, 0) is 35.9 Å². The van der Waals surface area contributed by atoms with Crippen LogP contribution in [0.5, 0.6) is 0 Å². The molecule has 23 heavy (non-hydrogen) atoms. The van der Waals surface area contributed by atoms with Crippen LogP contribution >= 0.6 is 0 Å². The Bertz CT molecular complexity index is 785. The highest BCUT2D eigenvalue weighted by Gasteiger charge is 2.10. The predicted octanol–water partition coefficient (Wildman–Crippen LogP) is 2.73. The van der Waals surface area contributed by atoms with Gasteiger partial charge in [0.25, 0.3) is 0 Å². The molecule has 1 N–H and O–H groups in total. The maximum Gasteiger partial charge on any atom is 0.226 e. The Hall–Kier alpha value is -3.02. The van der Waals surface area contributed by atoms with E-state index in [1.807, 2.05) is 12.1 Å². The first-order valence-corrected chi connectivity index (χ1v) is 7.06. The van der Waals surface area contributed by atoms with Crippen LogP contribution < -0.4 is 5.32 Å². The number of aromatic nitrogens is 2. The van der Waals surface area contributed by atoms with Crippen molar-refractivity contribution >= 4 is 5.91 Å². The second kappa shape index (κ2) is 6.83. The summed E-state index contributed by atoms with van der Waals surface area (Å²) in [6.07, 6.45) is 4.92. The molecule has 1 amide bonds. The lowest BCUT2D eigenvalue weighted by Gasteiger charge is -2.03. The number of carbonyl (C=O) groups excluding carboxylic acids is 1. The van der Waals surface area contributed by atoms with Crippen molar-refractivity contribution in [3.8, 4) is 11.5 Å². The lowest BCUT2D eigenvalue weighted by Crippen LogP contribution is -2.24. The standard InChI is InChI=1S/C17H14FN3O2/c18-14-5-3-13(4-6-14)17-21-15(11-23-17)8-16(22)20-10-12-2-1-7-19-9-12/h1-7,9,11H,8,10H2,(H,20,22). The molecule has 2 aromatic heterocycles. The van der Waals surface area contributed by atoms with Gasteiger partial charge in [0.05, 0.1) is 12.1 Å². The number of halogens is 1. The molecule has 0 atom stereocenters. The number of amides is 1. The molecule has 3 rings (SSSR count). The van der Waals surface area contributed by atoms with Gasteiger partial charge in [0.15, 0.2) is 0 Å². The zero-order valence-electron chi connectivity index (χ0n) is 12.2. The van der Waals surface area contributed by atoms with Crippen molar-refractivity contribution in [1.29, 1.82) is 0 Å². The van der Waals surface area contributed by atoms with E-state index in [4.69, 9.17) is 4.42 Å². The number of oxazole rings is 1. The van der Waals surface area contributed by atoms with Crippen LogP contribution in [0, 0.1) is 5.82 Å². The number of hydrogen-bond donors (Lipinski definition) is 1. The van der Waals surface area contributed by atoms with Crippen LogP contribution in [0.1, 0.15) is 11.3 Å². The minimum Gasteiger partial charge on any atom is -0.444 e. The number of rotatable bonds is 5. The van der Waals surface area contributed by atoms with E-state index in [1.54, 1.807) is 24.5 Å². The van der Waals surface area contributed by atoms with Gasteiger partial charge >= 0.3 is 0 Å². The molecule has 116 valence electrons. The largest absolute Gasteiger partial charge is 0.444 e. The van der Waals surface area contributed by atoms with Crippen LogP contribution in [0.3, 0.4) is 0 Å². The average Bonchev–Trinajstić information content (AvgIpc) is 3.03. The highest BCUT2D eigenvalue weighted by molar-refractivity contribution is 5.78. The topological polar surface area (TPSA) is 68.0 Å². The Balaban J connectivity index is 1.58. The molecule has 0 saturated carbocycles. The third-order valence-corrected chi connectivity index (χ3v) is 3.20. The normalized spacial score (nSPS) is 10.5. The van der Waals surface area contributed by atoms with Crippen molar-refractivity contribution in [2.75, 3.05) is 0 Å². The van der Waals surface area contributed by atoms with Crippen LogP contribution in [0.25, 0.3) is 11.5 Å². The first-order valence-electron chi connectivity index (χ1n) is 7.06. The maximum atomic E-state index is 12.9. The van der Waals surface area contributed by atoms with Crippen molar-refractivity contribution in [3.05, 3.63) is 72.1 Å². The van der Waals surface area contributed by atoms with Crippen molar-refractivity contribution in [2.45, 2.75) is 13.0 Å². The minimum absolute atomic E-state index is 0.116. The molecule has 0 fully saturated rings. The lowest BCUT2D eigenvalue weighted by atomic mass is 10.2. The second-order valence-corrected chi connectivity index (χ2v) is 4.97. The van der Waals surface area contributed by atoms with Crippen LogP contribution in [0.15, 0.2) is 59.5 Å². The molecular formula is C17H14FN3O2. The molecular weight excluding hydrogens is 297 g/mol. The van der Waals surface area contributed by atoms with Gasteiger partial charge in [-0.25, -0.2) is 9.37 Å². The quantitative estimate of drug-likeness (QED) is 0.786. The SMILES string of the molecule is O=C(Cc1coc(-c2ccc(F)cc2)n1)NCc1cccnc1. The van der Waals surface area contributed by atoms with E-state index < -0.39 is 0 Å². The number of benzene rings is 1. The molecule has 2 heterocycles. The zero-order valence-corrected chi connectivity index (χ0v) is 12.2. The summed E-state index contributed by atoms with van der Waals surface area (Å²) in [5.74, 6) is -0.122. The van der Waals surface area contributed by atoms with E-state index >= 15 is 0 Å². The first kappa shape index (κ1) is 14.9. The Morgan fingerprint density at radius 3 is 2.78 bits per heavy atom. The second-order valence-electron chi connectivity index (χ2n) is 4.97. The van der Waals surface area contributed by atoms with E-state index in [0.29, 0.717) is 23.7 Å². The van der Waals surface area contributed by atoms with Crippen molar-refractivity contribution in [2.24, 2.45) is 0 Å². The van der Waals surface area contributed by atoms with Gasteiger partial charge in [-0.2, -0.15) is 0 Å². The van der Waals surface area contributed by atoms with Crippen molar-refractivity contribution in [3.63, 3.8) is 0 Å². The Morgan fingerprint density at radius 2 is 2.04 bits per heavy atom. The van der Waals surface area contributed by atoms with Crippen LogP contribution in [0.4, 0.5) is 4.39 Å². The lowest BCUT2D eigenvalue weighted by molar-refractivity contribution is -0.120. The first-order chi connectivity index (χ1) is 11.2. The summed E-state index contributed by atoms with van der Waals surface area (Å²) < 4.78 is 18.2. The number of nitrogens with zero attached hydrogens (tertiary/aromatic N) is 2. The van der Waals surface area contributed by atoms with Gasteiger partial charge in [0.1, 0.15) is 12.1 Å². The fourth-order valence-electron chi connectivity index (χ4n) is 2.04. The molecule has 0 radical (unpaired) electrons. The summed E-state index contributed by atoms with van der Waals surface area (Å²) in [6, 6.07) is 9.52. The molecule has 0 bridgehead atoms. The average molecular weight is 311 g/mol. The molecule has 0 aliphatic rings. The van der Waals surface area contributed by atoms with E-state index in [1.165, 1.54) is 18.4 Å². The van der Waals surface area contributed by atoms with Gasteiger partial charge in [-0.3, -0.25) is 9.78 Å². The molecule has 0 saturated heterocycles. The van der Waals surface area contributed by atoms with Gasteiger partial charge in [-0.1, -0.05) is 6.07 Å². The van der Waals surface area contributed by atoms with E-state index in [0.717, 1.165) is 5.56 Å². The number of nitrogens with one attached hydrogen (secondary N) is 1. The highest BCUT2D eigenvalue weighted by Crippen LogP contribution is 2.19. The zero-order chi connectivity index (χ0) is 16.1. The molecule has 0 unspecified atom stereocenters. The highest BCUT2D eigenvalue weighted by atomic mass is 19.1. The van der Waals surface area contributed by atoms with Gasteiger partial charge in [0, 0.05) is 24.5 Å². The molecule has 5 nitrogen and oxygen atoms in total. The number of carbonyl (C=O) groups is 1.